The minimum absolute atomic E-state index is 0.0472. The number of hydrogen-bond donors (Lipinski definition) is 1. The maximum Gasteiger partial charge on any atom is 0.286 e. The lowest BCUT2D eigenvalue weighted by Gasteiger charge is -2.36. The minimum atomic E-state index is -3.72. The third kappa shape index (κ3) is 4.87. The number of hydrogen-bond acceptors (Lipinski definition) is 5. The third-order valence-electron chi connectivity index (χ3n) is 5.56. The summed E-state index contributed by atoms with van der Waals surface area (Å²) in [7, 11) is -3.72. The van der Waals surface area contributed by atoms with Gasteiger partial charge in [-0.2, -0.15) is 8.42 Å². The van der Waals surface area contributed by atoms with Crippen molar-refractivity contribution in [3.63, 3.8) is 0 Å². The Labute approximate surface area is 181 Å². The number of carbonyl (C=O) groups is 1. The Morgan fingerprint density at radius 3 is 2.48 bits per heavy atom. The van der Waals surface area contributed by atoms with Crippen LogP contribution in [0.1, 0.15) is 19.8 Å². The standard InChI is InChI=1S/C22H25FN4O3S/c1-16(14-21-24-19-4-2-3-5-20(19)31(29,30)25-21)15-22(28)27-12-10-26(11-13-27)18-8-6-17(23)7-9-18/h2-9,16H,10-15H2,1H3,(H,24,25)/t16-/m1/s1. The van der Waals surface area contributed by atoms with E-state index in [0.29, 0.717) is 50.5 Å². The van der Waals surface area contributed by atoms with E-state index in [-0.39, 0.29) is 22.5 Å². The number of benzene rings is 2. The van der Waals surface area contributed by atoms with Crippen molar-refractivity contribution in [1.82, 2.24) is 4.90 Å². The fourth-order valence-electron chi connectivity index (χ4n) is 3.95. The highest BCUT2D eigenvalue weighted by Crippen LogP contribution is 2.28. The molecule has 0 saturated carbocycles. The van der Waals surface area contributed by atoms with Crippen LogP contribution in [-0.4, -0.2) is 51.2 Å². The van der Waals surface area contributed by atoms with Crippen LogP contribution in [0.4, 0.5) is 15.8 Å². The Balaban J connectivity index is 1.30. The second-order valence-electron chi connectivity index (χ2n) is 7.99. The molecule has 0 aromatic heterocycles. The largest absolute Gasteiger partial charge is 0.368 e. The summed E-state index contributed by atoms with van der Waals surface area (Å²) in [6.07, 6.45) is 0.688. The van der Waals surface area contributed by atoms with Gasteiger partial charge in [-0.05, 0) is 42.3 Å². The van der Waals surface area contributed by atoms with E-state index in [1.165, 1.54) is 18.2 Å². The highest BCUT2D eigenvalue weighted by Gasteiger charge is 2.27. The molecule has 31 heavy (non-hydrogen) atoms. The Bertz CT molecular complexity index is 1090. The van der Waals surface area contributed by atoms with Gasteiger partial charge in [-0.1, -0.05) is 19.1 Å². The fraction of sp³-hybridized carbons (Fsp3) is 0.364. The summed E-state index contributed by atoms with van der Waals surface area (Å²) < 4.78 is 41.7. The van der Waals surface area contributed by atoms with Crippen molar-refractivity contribution in [1.29, 1.82) is 0 Å². The van der Waals surface area contributed by atoms with Gasteiger partial charge < -0.3 is 15.1 Å². The summed E-state index contributed by atoms with van der Waals surface area (Å²) in [6, 6.07) is 13.0. The number of halogens is 1. The van der Waals surface area contributed by atoms with Crippen molar-refractivity contribution in [2.45, 2.75) is 24.7 Å². The van der Waals surface area contributed by atoms with Crippen LogP contribution in [0, 0.1) is 11.7 Å². The molecular weight excluding hydrogens is 419 g/mol. The zero-order valence-corrected chi connectivity index (χ0v) is 18.1. The maximum atomic E-state index is 13.1. The van der Waals surface area contributed by atoms with Crippen molar-refractivity contribution >= 4 is 33.1 Å². The summed E-state index contributed by atoms with van der Waals surface area (Å²) in [6.45, 7) is 4.50. The van der Waals surface area contributed by atoms with Crippen molar-refractivity contribution < 1.29 is 17.6 Å². The molecule has 2 aliphatic rings. The first-order chi connectivity index (χ1) is 14.8. The second-order valence-corrected chi connectivity index (χ2v) is 9.56. The molecule has 1 N–H and O–H groups in total. The van der Waals surface area contributed by atoms with Crippen LogP contribution in [0.25, 0.3) is 0 Å². The van der Waals surface area contributed by atoms with Gasteiger partial charge in [0.1, 0.15) is 16.5 Å². The van der Waals surface area contributed by atoms with E-state index >= 15 is 0 Å². The number of piperazine rings is 1. The molecule has 0 spiro atoms. The van der Waals surface area contributed by atoms with E-state index in [1.807, 2.05) is 11.8 Å². The van der Waals surface area contributed by atoms with Crippen LogP contribution in [0.15, 0.2) is 57.8 Å². The van der Waals surface area contributed by atoms with Crippen molar-refractivity contribution in [2.24, 2.45) is 10.3 Å². The van der Waals surface area contributed by atoms with E-state index in [4.69, 9.17) is 0 Å². The van der Waals surface area contributed by atoms with Crippen LogP contribution < -0.4 is 10.2 Å². The van der Waals surface area contributed by atoms with Gasteiger partial charge in [-0.3, -0.25) is 4.79 Å². The quantitative estimate of drug-likeness (QED) is 0.766. The van der Waals surface area contributed by atoms with Gasteiger partial charge in [0, 0.05) is 44.7 Å². The Morgan fingerprint density at radius 1 is 1.10 bits per heavy atom. The number of para-hydroxylation sites is 1. The molecule has 2 aromatic carbocycles. The SMILES string of the molecule is C[C@@H](CC(=O)N1CCN(c2ccc(F)cc2)CC1)CC1=NS(=O)(=O)c2ccccc2N1. The first-order valence-corrected chi connectivity index (χ1v) is 11.7. The second kappa shape index (κ2) is 8.66. The predicted octanol–water partition coefficient (Wildman–Crippen LogP) is 3.10. The molecule has 7 nitrogen and oxygen atoms in total. The molecule has 1 amide bonds. The van der Waals surface area contributed by atoms with Gasteiger partial charge in [0.25, 0.3) is 10.0 Å². The average Bonchev–Trinajstić information content (AvgIpc) is 2.74. The van der Waals surface area contributed by atoms with Gasteiger partial charge in [0.05, 0.1) is 5.69 Å². The molecule has 4 rings (SSSR count). The number of carbonyl (C=O) groups excluding carboxylic acids is 1. The van der Waals surface area contributed by atoms with Crippen molar-refractivity contribution in [3.05, 3.63) is 54.3 Å². The number of amidine groups is 1. The first kappa shape index (κ1) is 21.3. The van der Waals surface area contributed by atoms with E-state index in [9.17, 15) is 17.6 Å². The van der Waals surface area contributed by atoms with Gasteiger partial charge in [-0.25, -0.2) is 4.39 Å². The maximum absolute atomic E-state index is 13.1. The van der Waals surface area contributed by atoms with Gasteiger partial charge in [-0.15, -0.1) is 4.40 Å². The lowest BCUT2D eigenvalue weighted by Crippen LogP contribution is -2.49. The zero-order chi connectivity index (χ0) is 22.0. The summed E-state index contributed by atoms with van der Waals surface area (Å²) in [4.78, 5) is 16.9. The van der Waals surface area contributed by atoms with Crippen LogP contribution in [-0.2, 0) is 14.8 Å². The van der Waals surface area contributed by atoms with E-state index < -0.39 is 10.0 Å². The summed E-state index contributed by atoms with van der Waals surface area (Å²) >= 11 is 0. The molecule has 0 bridgehead atoms. The zero-order valence-electron chi connectivity index (χ0n) is 17.3. The van der Waals surface area contributed by atoms with E-state index in [2.05, 4.69) is 14.6 Å². The molecular formula is C22H25FN4O3S. The monoisotopic (exact) mass is 444 g/mol. The Morgan fingerprint density at radius 2 is 1.77 bits per heavy atom. The van der Waals surface area contributed by atoms with Crippen LogP contribution in [0.2, 0.25) is 0 Å². The van der Waals surface area contributed by atoms with E-state index in [0.717, 1.165) is 5.69 Å². The van der Waals surface area contributed by atoms with Gasteiger partial charge >= 0.3 is 0 Å². The Hall–Kier alpha value is -2.94. The summed E-state index contributed by atoms with van der Waals surface area (Å²) in [5, 5.41) is 3.08. The molecule has 1 fully saturated rings. The number of anilines is 2. The number of nitrogens with one attached hydrogen (secondary N) is 1. The Kier molecular flexibility index (Phi) is 5.95. The average molecular weight is 445 g/mol. The first-order valence-electron chi connectivity index (χ1n) is 10.3. The highest BCUT2D eigenvalue weighted by molar-refractivity contribution is 7.90. The topological polar surface area (TPSA) is 82.1 Å². The van der Waals surface area contributed by atoms with Gasteiger partial charge in [0.15, 0.2) is 0 Å². The molecule has 0 radical (unpaired) electrons. The summed E-state index contributed by atoms with van der Waals surface area (Å²) in [5.74, 6) is 0.0836. The molecule has 164 valence electrons. The lowest BCUT2D eigenvalue weighted by molar-refractivity contribution is -0.132. The smallest absolute Gasteiger partial charge is 0.286 e. The molecule has 9 heteroatoms. The van der Waals surface area contributed by atoms with Crippen LogP contribution in [0.5, 0.6) is 0 Å². The van der Waals surface area contributed by atoms with E-state index in [1.54, 1.807) is 30.3 Å². The van der Waals surface area contributed by atoms with Crippen LogP contribution >= 0.6 is 0 Å². The molecule has 2 aliphatic heterocycles. The molecule has 2 aromatic rings. The molecule has 0 aliphatic carbocycles. The minimum Gasteiger partial charge on any atom is -0.368 e. The number of amides is 1. The van der Waals surface area contributed by atoms with Gasteiger partial charge in [0.2, 0.25) is 5.91 Å². The fourth-order valence-corrected chi connectivity index (χ4v) is 5.11. The lowest BCUT2D eigenvalue weighted by atomic mass is 10.0. The number of rotatable bonds is 5. The summed E-state index contributed by atoms with van der Waals surface area (Å²) in [5.41, 5.74) is 1.47. The van der Waals surface area contributed by atoms with Crippen molar-refractivity contribution in [2.75, 3.05) is 36.4 Å². The normalized spacial score (nSPS) is 18.6. The van der Waals surface area contributed by atoms with Crippen molar-refractivity contribution in [3.8, 4) is 0 Å². The van der Waals surface area contributed by atoms with Crippen LogP contribution in [0.3, 0.4) is 0 Å². The number of nitrogens with zero attached hydrogens (tertiary/aromatic N) is 3. The predicted molar refractivity (Wildman–Crippen MR) is 118 cm³/mol. The molecule has 2 heterocycles. The molecule has 1 saturated heterocycles. The number of sulfonamides is 1. The molecule has 0 unspecified atom stereocenters. The molecule has 1 atom stereocenters. The third-order valence-corrected chi connectivity index (χ3v) is 6.94. The highest BCUT2D eigenvalue weighted by atomic mass is 32.2. The number of fused-ring (bicyclic) bond motifs is 1.